The van der Waals surface area contributed by atoms with Crippen LogP contribution >= 0.6 is 0 Å². The second kappa shape index (κ2) is 4.58. The zero-order chi connectivity index (χ0) is 9.80. The van der Waals surface area contributed by atoms with Crippen LogP contribution in [0.15, 0.2) is 30.3 Å². The van der Waals surface area contributed by atoms with E-state index in [2.05, 4.69) is 19.1 Å². The van der Waals surface area contributed by atoms with Gasteiger partial charge in [-0.15, -0.1) is 0 Å². The molecular formula is C12H16O2. The molecule has 2 heteroatoms. The summed E-state index contributed by atoms with van der Waals surface area (Å²) in [6.07, 6.45) is 1.93. The van der Waals surface area contributed by atoms with Gasteiger partial charge in [0.25, 0.3) is 0 Å². The van der Waals surface area contributed by atoms with E-state index >= 15 is 0 Å². The predicted octanol–water partition coefficient (Wildman–Crippen LogP) is 2.38. The third-order valence-corrected chi connectivity index (χ3v) is 2.49. The second-order valence-electron chi connectivity index (χ2n) is 3.71. The van der Waals surface area contributed by atoms with Gasteiger partial charge in [-0.2, -0.15) is 0 Å². The van der Waals surface area contributed by atoms with E-state index in [0.29, 0.717) is 18.8 Å². The molecule has 1 saturated heterocycles. The smallest absolute Gasteiger partial charge is 0.0860 e. The first-order valence-electron chi connectivity index (χ1n) is 5.13. The maximum atomic E-state index is 5.54. The molecule has 0 spiro atoms. The molecule has 76 valence electrons. The Labute approximate surface area is 84.8 Å². The summed E-state index contributed by atoms with van der Waals surface area (Å²) in [6.45, 7) is 3.60. The van der Waals surface area contributed by atoms with Gasteiger partial charge in [0, 0.05) is 6.61 Å². The maximum absolute atomic E-state index is 5.54. The van der Waals surface area contributed by atoms with Gasteiger partial charge in [0.1, 0.15) is 0 Å². The summed E-state index contributed by atoms with van der Waals surface area (Å²) in [6, 6.07) is 10.2. The molecule has 0 amide bonds. The minimum Gasteiger partial charge on any atom is -0.377 e. The van der Waals surface area contributed by atoms with E-state index in [1.807, 2.05) is 18.2 Å². The number of hydrogen-bond acceptors (Lipinski definition) is 2. The first-order valence-corrected chi connectivity index (χ1v) is 5.13. The van der Waals surface area contributed by atoms with Crippen LogP contribution in [0.1, 0.15) is 18.9 Å². The minimum atomic E-state index is 0.450. The lowest BCUT2D eigenvalue weighted by molar-refractivity contribution is 0.113. The first-order chi connectivity index (χ1) is 6.86. The molecule has 0 bridgehead atoms. The topological polar surface area (TPSA) is 21.8 Å². The fourth-order valence-electron chi connectivity index (χ4n) is 1.50. The summed E-state index contributed by atoms with van der Waals surface area (Å²) in [5, 5.41) is 0. The SMILES string of the molecule is C[C@H]1O[C@H]1CCOCc1ccccc1. The van der Waals surface area contributed by atoms with Gasteiger partial charge in [0.2, 0.25) is 0 Å². The molecular weight excluding hydrogens is 176 g/mol. The summed E-state index contributed by atoms with van der Waals surface area (Å²) in [4.78, 5) is 0. The van der Waals surface area contributed by atoms with Crippen LogP contribution in [-0.2, 0) is 16.1 Å². The van der Waals surface area contributed by atoms with Crippen molar-refractivity contribution in [3.63, 3.8) is 0 Å². The van der Waals surface area contributed by atoms with E-state index < -0.39 is 0 Å². The van der Waals surface area contributed by atoms with Gasteiger partial charge < -0.3 is 9.47 Å². The van der Waals surface area contributed by atoms with Crippen molar-refractivity contribution in [2.75, 3.05) is 6.61 Å². The molecule has 2 rings (SSSR count). The van der Waals surface area contributed by atoms with Gasteiger partial charge in [0.15, 0.2) is 0 Å². The van der Waals surface area contributed by atoms with Crippen molar-refractivity contribution in [1.82, 2.24) is 0 Å². The maximum Gasteiger partial charge on any atom is 0.0860 e. The van der Waals surface area contributed by atoms with Gasteiger partial charge >= 0.3 is 0 Å². The predicted molar refractivity (Wildman–Crippen MR) is 55.1 cm³/mol. The highest BCUT2D eigenvalue weighted by Gasteiger charge is 2.33. The molecule has 0 unspecified atom stereocenters. The summed E-state index contributed by atoms with van der Waals surface area (Å²) in [7, 11) is 0. The van der Waals surface area contributed by atoms with Crippen molar-refractivity contribution in [1.29, 1.82) is 0 Å². The average molecular weight is 192 g/mol. The first kappa shape index (κ1) is 9.69. The van der Waals surface area contributed by atoms with E-state index in [4.69, 9.17) is 9.47 Å². The molecule has 1 fully saturated rings. The Kier molecular flexibility index (Phi) is 3.17. The standard InChI is InChI=1S/C12H16O2/c1-10-12(14-10)7-8-13-9-11-5-3-2-4-6-11/h2-6,10,12H,7-9H2,1H3/t10-,12+/m1/s1. The molecule has 0 saturated carbocycles. The van der Waals surface area contributed by atoms with Crippen molar-refractivity contribution in [2.45, 2.75) is 32.2 Å². The quantitative estimate of drug-likeness (QED) is 0.527. The van der Waals surface area contributed by atoms with Gasteiger partial charge in [-0.25, -0.2) is 0 Å². The Morgan fingerprint density at radius 2 is 2.00 bits per heavy atom. The molecule has 0 N–H and O–H groups in total. The van der Waals surface area contributed by atoms with Crippen LogP contribution < -0.4 is 0 Å². The highest BCUT2D eigenvalue weighted by atomic mass is 16.6. The molecule has 2 nitrogen and oxygen atoms in total. The van der Waals surface area contributed by atoms with Crippen LogP contribution in [0.2, 0.25) is 0 Å². The fraction of sp³-hybridized carbons (Fsp3) is 0.500. The van der Waals surface area contributed by atoms with E-state index in [1.54, 1.807) is 0 Å². The number of rotatable bonds is 5. The van der Waals surface area contributed by atoms with E-state index in [0.717, 1.165) is 13.0 Å². The summed E-state index contributed by atoms with van der Waals surface area (Å²) in [5.41, 5.74) is 1.23. The lowest BCUT2D eigenvalue weighted by Crippen LogP contribution is -2.00. The van der Waals surface area contributed by atoms with E-state index in [1.165, 1.54) is 5.56 Å². The van der Waals surface area contributed by atoms with Gasteiger partial charge in [-0.1, -0.05) is 30.3 Å². The fourth-order valence-corrected chi connectivity index (χ4v) is 1.50. The van der Waals surface area contributed by atoms with Crippen LogP contribution in [0.5, 0.6) is 0 Å². The van der Waals surface area contributed by atoms with Crippen LogP contribution in [0.25, 0.3) is 0 Å². The molecule has 1 aliphatic heterocycles. The molecule has 1 aromatic rings. The molecule has 0 aliphatic carbocycles. The van der Waals surface area contributed by atoms with E-state index in [9.17, 15) is 0 Å². The highest BCUT2D eigenvalue weighted by molar-refractivity contribution is 5.13. The summed E-state index contributed by atoms with van der Waals surface area (Å²) < 4.78 is 10.8. The zero-order valence-corrected chi connectivity index (χ0v) is 8.48. The Morgan fingerprint density at radius 3 is 2.64 bits per heavy atom. The Balaban J connectivity index is 1.59. The van der Waals surface area contributed by atoms with Crippen LogP contribution in [0.3, 0.4) is 0 Å². The van der Waals surface area contributed by atoms with E-state index in [-0.39, 0.29) is 0 Å². The zero-order valence-electron chi connectivity index (χ0n) is 8.48. The third-order valence-electron chi connectivity index (χ3n) is 2.49. The largest absolute Gasteiger partial charge is 0.377 e. The molecule has 1 aromatic carbocycles. The Morgan fingerprint density at radius 1 is 1.29 bits per heavy atom. The lowest BCUT2D eigenvalue weighted by Gasteiger charge is -2.02. The highest BCUT2D eigenvalue weighted by Crippen LogP contribution is 2.24. The molecule has 2 atom stereocenters. The summed E-state index contributed by atoms with van der Waals surface area (Å²) >= 11 is 0. The van der Waals surface area contributed by atoms with Crippen molar-refractivity contribution >= 4 is 0 Å². The van der Waals surface area contributed by atoms with Crippen molar-refractivity contribution in [3.8, 4) is 0 Å². The minimum absolute atomic E-state index is 0.450. The Bertz CT molecular complexity index is 271. The Hall–Kier alpha value is -0.860. The lowest BCUT2D eigenvalue weighted by atomic mass is 10.2. The van der Waals surface area contributed by atoms with Crippen molar-refractivity contribution in [2.24, 2.45) is 0 Å². The van der Waals surface area contributed by atoms with Gasteiger partial charge in [-0.3, -0.25) is 0 Å². The molecule has 1 aliphatic rings. The molecule has 1 heterocycles. The van der Waals surface area contributed by atoms with Crippen LogP contribution in [0, 0.1) is 0 Å². The third kappa shape index (κ3) is 2.82. The average Bonchev–Trinajstić information content (AvgIpc) is 2.91. The van der Waals surface area contributed by atoms with Gasteiger partial charge in [0.05, 0.1) is 18.8 Å². The summed E-state index contributed by atoms with van der Waals surface area (Å²) in [5.74, 6) is 0. The number of benzene rings is 1. The molecule has 0 aromatic heterocycles. The second-order valence-corrected chi connectivity index (χ2v) is 3.71. The van der Waals surface area contributed by atoms with Gasteiger partial charge in [-0.05, 0) is 18.9 Å². The number of epoxide rings is 1. The number of hydrogen-bond donors (Lipinski definition) is 0. The number of ether oxygens (including phenoxy) is 2. The van der Waals surface area contributed by atoms with Crippen LogP contribution in [0.4, 0.5) is 0 Å². The van der Waals surface area contributed by atoms with Crippen molar-refractivity contribution in [3.05, 3.63) is 35.9 Å². The monoisotopic (exact) mass is 192 g/mol. The normalized spacial score (nSPS) is 24.9. The molecule has 0 radical (unpaired) electrons. The van der Waals surface area contributed by atoms with Crippen molar-refractivity contribution < 1.29 is 9.47 Å². The van der Waals surface area contributed by atoms with Crippen LogP contribution in [-0.4, -0.2) is 18.8 Å². The molecule has 14 heavy (non-hydrogen) atoms.